The lowest BCUT2D eigenvalue weighted by molar-refractivity contribution is 0.263. The number of hydrogen-bond donors (Lipinski definition) is 1. The van der Waals surface area contributed by atoms with Crippen LogP contribution in [0.25, 0.3) is 27.8 Å². The second-order valence-electron chi connectivity index (χ2n) is 9.72. The van der Waals surface area contributed by atoms with Crippen LogP contribution in [-0.2, 0) is 6.54 Å². The minimum atomic E-state index is -0.325. The second kappa shape index (κ2) is 11.2. The highest BCUT2D eigenvalue weighted by molar-refractivity contribution is 5.87. The van der Waals surface area contributed by atoms with Gasteiger partial charge in [-0.15, -0.1) is 0 Å². The number of halogens is 1. The molecule has 9 nitrogen and oxygen atoms in total. The molecule has 0 atom stereocenters. The van der Waals surface area contributed by atoms with E-state index in [1.165, 1.54) is 48.8 Å². The number of hydrogen-bond acceptors (Lipinski definition) is 7. The first-order valence-electron chi connectivity index (χ1n) is 13.3. The molecule has 200 valence electrons. The molecule has 0 amide bonds. The minimum absolute atomic E-state index is 0.215. The van der Waals surface area contributed by atoms with Gasteiger partial charge in [0.1, 0.15) is 17.1 Å². The Morgan fingerprint density at radius 3 is 2.79 bits per heavy atom. The summed E-state index contributed by atoms with van der Waals surface area (Å²) in [7, 11) is 0. The van der Waals surface area contributed by atoms with Crippen molar-refractivity contribution in [3.8, 4) is 11.6 Å². The predicted molar refractivity (Wildman–Crippen MR) is 149 cm³/mol. The molecule has 0 spiro atoms. The Labute approximate surface area is 224 Å². The molecular weight excluding hydrogens is 497 g/mol. The maximum atomic E-state index is 13.8. The van der Waals surface area contributed by atoms with Crippen molar-refractivity contribution in [1.29, 1.82) is 0 Å². The topological polar surface area (TPSA) is 90.1 Å². The largest absolute Gasteiger partial charge is 0.492 e. The normalized spacial score (nSPS) is 13.9. The lowest BCUT2D eigenvalue weighted by atomic mass is 10.2. The third kappa shape index (κ3) is 5.61. The number of nitrogens with zero attached hydrogens (tertiary/aromatic N) is 6. The Bertz CT molecular complexity index is 1660. The van der Waals surface area contributed by atoms with Gasteiger partial charge >= 0.3 is 0 Å². The zero-order chi connectivity index (χ0) is 26.6. The Balaban J connectivity index is 1.10. The monoisotopic (exact) mass is 527 g/mol. The van der Waals surface area contributed by atoms with Crippen molar-refractivity contribution in [2.45, 2.75) is 25.8 Å². The van der Waals surface area contributed by atoms with Gasteiger partial charge in [-0.25, -0.2) is 14.1 Å². The summed E-state index contributed by atoms with van der Waals surface area (Å²) in [5.41, 5.74) is 2.76. The highest BCUT2D eigenvalue weighted by Crippen LogP contribution is 2.23. The number of ether oxygens (including phenoxy) is 1. The molecule has 1 aliphatic rings. The average Bonchev–Trinajstić information content (AvgIpc) is 3.62. The van der Waals surface area contributed by atoms with E-state index in [4.69, 9.17) is 4.74 Å². The molecule has 1 aromatic carbocycles. The summed E-state index contributed by atoms with van der Waals surface area (Å²) in [6.07, 6.45) is 8.85. The maximum Gasteiger partial charge on any atom is 0.266 e. The lowest BCUT2D eigenvalue weighted by Crippen LogP contribution is -2.26. The lowest BCUT2D eigenvalue weighted by Gasteiger charge is -2.14. The van der Waals surface area contributed by atoms with E-state index in [9.17, 15) is 9.18 Å². The maximum absolute atomic E-state index is 13.8. The van der Waals surface area contributed by atoms with Crippen molar-refractivity contribution in [1.82, 2.24) is 29.2 Å². The highest BCUT2D eigenvalue weighted by Gasteiger charge is 2.11. The van der Waals surface area contributed by atoms with Crippen LogP contribution in [0.15, 0.2) is 71.9 Å². The molecule has 4 aromatic heterocycles. The summed E-state index contributed by atoms with van der Waals surface area (Å²) >= 11 is 0. The van der Waals surface area contributed by atoms with Gasteiger partial charge in [0.15, 0.2) is 5.82 Å². The van der Waals surface area contributed by atoms with Crippen molar-refractivity contribution in [3.05, 3.63) is 83.3 Å². The van der Waals surface area contributed by atoms with E-state index in [1.54, 1.807) is 29.1 Å². The number of aromatic nitrogens is 5. The summed E-state index contributed by atoms with van der Waals surface area (Å²) in [5.74, 6) is 0.923. The van der Waals surface area contributed by atoms with Crippen LogP contribution in [0.5, 0.6) is 5.75 Å². The summed E-state index contributed by atoms with van der Waals surface area (Å²) in [6.45, 7) is 4.89. The van der Waals surface area contributed by atoms with Gasteiger partial charge in [0, 0.05) is 43.0 Å². The van der Waals surface area contributed by atoms with E-state index in [0.29, 0.717) is 36.8 Å². The van der Waals surface area contributed by atoms with Gasteiger partial charge in [0.05, 0.1) is 36.1 Å². The van der Waals surface area contributed by atoms with Gasteiger partial charge in [-0.3, -0.25) is 14.3 Å². The Morgan fingerprint density at radius 1 is 1.00 bits per heavy atom. The minimum Gasteiger partial charge on any atom is -0.492 e. The summed E-state index contributed by atoms with van der Waals surface area (Å²) < 4.78 is 22.9. The van der Waals surface area contributed by atoms with E-state index >= 15 is 0 Å². The zero-order valence-electron chi connectivity index (χ0n) is 21.6. The van der Waals surface area contributed by atoms with E-state index in [-0.39, 0.29) is 11.4 Å². The van der Waals surface area contributed by atoms with E-state index in [2.05, 4.69) is 25.3 Å². The molecule has 6 rings (SSSR count). The molecule has 1 aliphatic heterocycles. The number of anilines is 1. The molecule has 1 saturated heterocycles. The molecular formula is C29H30FN7O2. The number of nitrogens with one attached hydrogen (secondary N) is 1. The van der Waals surface area contributed by atoms with Crippen LogP contribution < -0.4 is 15.6 Å². The van der Waals surface area contributed by atoms with Crippen molar-refractivity contribution in [3.63, 3.8) is 0 Å². The molecule has 0 bridgehead atoms. The van der Waals surface area contributed by atoms with Crippen LogP contribution in [0.3, 0.4) is 0 Å². The van der Waals surface area contributed by atoms with Gasteiger partial charge in [-0.1, -0.05) is 0 Å². The molecule has 0 radical (unpaired) electrons. The first-order valence-corrected chi connectivity index (χ1v) is 13.3. The van der Waals surface area contributed by atoms with Gasteiger partial charge in [0.25, 0.3) is 5.56 Å². The summed E-state index contributed by atoms with van der Waals surface area (Å²) in [6, 6.07) is 13.4. The van der Waals surface area contributed by atoms with Crippen LogP contribution in [0, 0.1) is 5.82 Å². The third-order valence-corrected chi connectivity index (χ3v) is 7.03. The SMILES string of the molecule is O=c1ccc(-n2ccc3ccc(F)cc32)nn1CCNc1ccnc2cc(OCCCN3CCCC3)cnc12. The van der Waals surface area contributed by atoms with Crippen LogP contribution in [-0.4, -0.2) is 62.0 Å². The molecule has 5 aromatic rings. The number of rotatable bonds is 10. The number of fused-ring (bicyclic) bond motifs is 2. The van der Waals surface area contributed by atoms with Gasteiger partial charge < -0.3 is 15.0 Å². The number of likely N-dealkylation sites (tertiary alicyclic amines) is 1. The fourth-order valence-electron chi connectivity index (χ4n) is 5.04. The van der Waals surface area contributed by atoms with E-state index in [1.807, 2.05) is 24.4 Å². The van der Waals surface area contributed by atoms with Gasteiger partial charge in [0.2, 0.25) is 0 Å². The van der Waals surface area contributed by atoms with Gasteiger partial charge in [-0.05, 0) is 68.8 Å². The molecule has 1 N–H and O–H groups in total. The fourth-order valence-corrected chi connectivity index (χ4v) is 5.04. The fraction of sp³-hybridized carbons (Fsp3) is 0.310. The Kier molecular flexibility index (Phi) is 7.18. The molecule has 0 saturated carbocycles. The molecule has 10 heteroatoms. The molecule has 5 heterocycles. The zero-order valence-corrected chi connectivity index (χ0v) is 21.6. The van der Waals surface area contributed by atoms with Crippen LogP contribution in [0.2, 0.25) is 0 Å². The second-order valence-corrected chi connectivity index (χ2v) is 9.72. The van der Waals surface area contributed by atoms with Crippen molar-refractivity contribution in [2.24, 2.45) is 0 Å². The molecule has 1 fully saturated rings. The van der Waals surface area contributed by atoms with Crippen molar-refractivity contribution >= 4 is 27.6 Å². The molecule has 0 unspecified atom stereocenters. The third-order valence-electron chi connectivity index (χ3n) is 7.03. The first-order chi connectivity index (χ1) is 19.1. The summed E-state index contributed by atoms with van der Waals surface area (Å²) in [4.78, 5) is 24.0. The number of pyridine rings is 2. The van der Waals surface area contributed by atoms with Crippen LogP contribution >= 0.6 is 0 Å². The van der Waals surface area contributed by atoms with Gasteiger partial charge in [-0.2, -0.15) is 5.10 Å². The van der Waals surface area contributed by atoms with Crippen molar-refractivity contribution < 1.29 is 9.13 Å². The highest BCUT2D eigenvalue weighted by atomic mass is 19.1. The smallest absolute Gasteiger partial charge is 0.266 e. The predicted octanol–water partition coefficient (Wildman–Crippen LogP) is 4.25. The Morgan fingerprint density at radius 2 is 1.90 bits per heavy atom. The first kappa shape index (κ1) is 25.0. The number of benzene rings is 1. The summed E-state index contributed by atoms with van der Waals surface area (Å²) in [5, 5.41) is 8.76. The average molecular weight is 528 g/mol. The Hall–Kier alpha value is -4.31. The van der Waals surface area contributed by atoms with E-state index in [0.717, 1.165) is 35.1 Å². The van der Waals surface area contributed by atoms with Crippen molar-refractivity contribution in [2.75, 3.05) is 38.1 Å². The molecule has 0 aliphatic carbocycles. The van der Waals surface area contributed by atoms with Crippen LogP contribution in [0.4, 0.5) is 10.1 Å². The quantitative estimate of drug-likeness (QED) is 0.272. The standard InChI is InChI=1S/C29H30FN7O2/c30-22-5-4-21-9-15-36(26(21)18-22)27-6-7-28(38)37(34-27)16-11-32-24-8-10-31-25-19-23(20-33-29(24)25)39-17-3-14-35-12-1-2-13-35/h4-10,15,18-20H,1-3,11-14,16-17H2,(H,31,32). The van der Waals surface area contributed by atoms with E-state index < -0.39 is 0 Å². The molecule has 39 heavy (non-hydrogen) atoms. The van der Waals surface area contributed by atoms with Crippen LogP contribution in [0.1, 0.15) is 19.3 Å².